The SMILES string of the molecule is Nc1c(S(=O)(=O)[O-])cc(Cc2ccc(S(=O)(=O)[O-])c(Nc3nc(Cl)nc(Cl)n3)c2)c2c1C(=O)c1ccccc1C2=O.[Na+].[Na+]. The Morgan fingerprint density at radius 1 is 0.767 bits per heavy atom. The van der Waals surface area contributed by atoms with Crippen molar-refractivity contribution in [1.29, 1.82) is 0 Å². The molecule has 0 aliphatic heterocycles. The molecule has 0 spiro atoms. The summed E-state index contributed by atoms with van der Waals surface area (Å²) in [5, 5.41) is 1.86. The molecule has 3 N–H and O–H groups in total. The minimum Gasteiger partial charge on any atom is -0.744 e. The van der Waals surface area contributed by atoms with Crippen LogP contribution in [0.25, 0.3) is 0 Å². The van der Waals surface area contributed by atoms with Crippen molar-refractivity contribution < 1.29 is 94.6 Å². The number of benzene rings is 3. The summed E-state index contributed by atoms with van der Waals surface area (Å²) >= 11 is 11.5. The Kier molecular flexibility index (Phi) is 10.9. The molecule has 0 fully saturated rings. The number of nitrogens with zero attached hydrogens (tertiary/aromatic N) is 3. The second-order valence-corrected chi connectivity index (χ2v) is 12.0. The fourth-order valence-corrected chi connectivity index (χ4v) is 6.08. The quantitative estimate of drug-likeness (QED) is 0.102. The van der Waals surface area contributed by atoms with E-state index in [1.165, 1.54) is 36.4 Å². The Labute approximate surface area is 298 Å². The first-order chi connectivity index (χ1) is 19.1. The van der Waals surface area contributed by atoms with Gasteiger partial charge in [-0.05, 0) is 58.9 Å². The van der Waals surface area contributed by atoms with Crippen molar-refractivity contribution >= 4 is 72.3 Å². The molecule has 5 rings (SSSR count). The van der Waals surface area contributed by atoms with E-state index in [2.05, 4.69) is 20.3 Å². The van der Waals surface area contributed by atoms with E-state index in [4.69, 9.17) is 28.9 Å². The molecule has 0 amide bonds. The summed E-state index contributed by atoms with van der Waals surface area (Å²) in [4.78, 5) is 36.3. The van der Waals surface area contributed by atoms with E-state index in [-0.39, 0.29) is 116 Å². The van der Waals surface area contributed by atoms with Gasteiger partial charge in [0.2, 0.25) is 16.5 Å². The third-order valence-electron chi connectivity index (χ3n) is 6.09. The number of hydrogen-bond acceptors (Lipinski definition) is 13. The predicted molar refractivity (Wildman–Crippen MR) is 142 cm³/mol. The van der Waals surface area contributed by atoms with Crippen molar-refractivity contribution in [2.75, 3.05) is 11.1 Å². The standard InChI is InChI=1S/C24H15Cl2N5O8S2.2Na/c25-22-29-23(26)31-24(30-22)28-14-8-10(5-6-15(14)40(34,35)36)7-11-9-16(41(37,38)39)19(27)18-17(11)20(32)12-3-1-2-4-13(12)21(18)33;;/h1-6,8-9H,7,27H2,(H,34,35,36)(H,37,38,39)(H,28,29,30,31);;/q;2*+1/p-2. The zero-order chi connectivity index (χ0) is 29.9. The maximum absolute atomic E-state index is 13.5. The van der Waals surface area contributed by atoms with Gasteiger partial charge in [-0.1, -0.05) is 30.3 Å². The van der Waals surface area contributed by atoms with Gasteiger partial charge in [-0.2, -0.15) is 15.0 Å². The second kappa shape index (κ2) is 13.2. The van der Waals surface area contributed by atoms with Crippen LogP contribution in [0.5, 0.6) is 0 Å². The number of rotatable bonds is 6. The molecule has 0 unspecified atom stereocenters. The summed E-state index contributed by atoms with van der Waals surface area (Å²) in [5.41, 5.74) is 4.50. The number of nitrogens with one attached hydrogen (secondary N) is 1. The van der Waals surface area contributed by atoms with Crippen LogP contribution in [0.1, 0.15) is 43.0 Å². The summed E-state index contributed by atoms with van der Waals surface area (Å²) in [6.45, 7) is 0. The molecule has 0 bridgehead atoms. The summed E-state index contributed by atoms with van der Waals surface area (Å²) in [5.74, 6) is -1.70. The fourth-order valence-electron chi connectivity index (χ4n) is 4.44. The van der Waals surface area contributed by atoms with E-state index < -0.39 is 52.8 Å². The van der Waals surface area contributed by atoms with Crippen LogP contribution in [0.4, 0.5) is 17.3 Å². The number of hydrogen-bond donors (Lipinski definition) is 2. The van der Waals surface area contributed by atoms with Crippen molar-refractivity contribution in [3.63, 3.8) is 0 Å². The Morgan fingerprint density at radius 3 is 1.84 bits per heavy atom. The minimum absolute atomic E-state index is 0. The molecule has 1 aliphatic rings. The van der Waals surface area contributed by atoms with E-state index in [0.717, 1.165) is 12.1 Å². The van der Waals surface area contributed by atoms with Crippen LogP contribution < -0.4 is 70.2 Å². The van der Waals surface area contributed by atoms with Gasteiger partial charge in [0.1, 0.15) is 20.2 Å². The van der Waals surface area contributed by atoms with E-state index in [1.807, 2.05) is 0 Å². The average Bonchev–Trinajstić information content (AvgIpc) is 2.86. The molecule has 1 aromatic heterocycles. The maximum Gasteiger partial charge on any atom is 1.00 e. The number of carbonyl (C=O) groups excluding carboxylic acids is 2. The molecule has 3 aromatic carbocycles. The van der Waals surface area contributed by atoms with Gasteiger partial charge in [-0.25, -0.2) is 16.8 Å². The van der Waals surface area contributed by atoms with Gasteiger partial charge >= 0.3 is 59.1 Å². The molecular weight excluding hydrogens is 667 g/mol. The number of fused-ring (bicyclic) bond motifs is 2. The van der Waals surface area contributed by atoms with Crippen molar-refractivity contribution in [3.05, 3.63) is 92.5 Å². The summed E-state index contributed by atoms with van der Waals surface area (Å²) in [7, 11) is -10.2. The summed E-state index contributed by atoms with van der Waals surface area (Å²) in [6.07, 6.45) is -0.307. The molecule has 210 valence electrons. The first-order valence-electron chi connectivity index (χ1n) is 11.2. The van der Waals surface area contributed by atoms with Gasteiger partial charge < -0.3 is 20.2 Å². The number of nitrogens with two attached hydrogens (primary N) is 1. The van der Waals surface area contributed by atoms with Gasteiger partial charge in [0.15, 0.2) is 11.6 Å². The van der Waals surface area contributed by atoms with Gasteiger partial charge in [-0.3, -0.25) is 9.59 Å². The van der Waals surface area contributed by atoms with Crippen LogP contribution in [-0.4, -0.2) is 52.5 Å². The molecule has 1 heterocycles. The second-order valence-electron chi connectivity index (χ2n) is 8.64. The molecule has 0 saturated heterocycles. The predicted octanol–water partition coefficient (Wildman–Crippen LogP) is -3.31. The van der Waals surface area contributed by atoms with Crippen LogP contribution in [0, 0.1) is 0 Å². The molecule has 19 heteroatoms. The monoisotopic (exact) mass is 679 g/mol. The summed E-state index contributed by atoms with van der Waals surface area (Å²) in [6, 6.07) is 10.1. The number of carbonyl (C=O) groups is 2. The molecule has 0 atom stereocenters. The van der Waals surface area contributed by atoms with Crippen LogP contribution in [0.3, 0.4) is 0 Å². The number of halogens is 2. The number of nitrogen functional groups attached to an aromatic ring is 1. The van der Waals surface area contributed by atoms with E-state index in [9.17, 15) is 35.5 Å². The first-order valence-corrected chi connectivity index (χ1v) is 14.7. The summed E-state index contributed by atoms with van der Waals surface area (Å²) < 4.78 is 72.0. The number of aromatic nitrogens is 3. The van der Waals surface area contributed by atoms with Crippen LogP contribution in [-0.2, 0) is 26.7 Å². The zero-order valence-corrected chi connectivity index (χ0v) is 29.2. The van der Waals surface area contributed by atoms with Gasteiger partial charge in [-0.15, -0.1) is 0 Å². The molecular formula is C24H13Cl2N5Na2O8S2. The van der Waals surface area contributed by atoms with Crippen LogP contribution in [0.15, 0.2) is 58.3 Å². The molecule has 4 aromatic rings. The maximum atomic E-state index is 13.5. The van der Waals surface area contributed by atoms with Gasteiger partial charge in [0.05, 0.1) is 26.7 Å². The van der Waals surface area contributed by atoms with E-state index in [0.29, 0.717) is 0 Å². The molecule has 13 nitrogen and oxygen atoms in total. The van der Waals surface area contributed by atoms with Crippen LogP contribution >= 0.6 is 23.2 Å². The Balaban J connectivity index is 0.00000253. The Morgan fingerprint density at radius 2 is 1.30 bits per heavy atom. The van der Waals surface area contributed by atoms with Crippen molar-refractivity contribution in [2.24, 2.45) is 0 Å². The third kappa shape index (κ3) is 7.13. The molecule has 1 aliphatic carbocycles. The van der Waals surface area contributed by atoms with Crippen molar-refractivity contribution in [1.82, 2.24) is 15.0 Å². The molecule has 0 radical (unpaired) electrons. The van der Waals surface area contributed by atoms with Crippen LogP contribution in [0.2, 0.25) is 10.6 Å². The third-order valence-corrected chi connectivity index (χ3v) is 8.20. The minimum atomic E-state index is -5.20. The molecule has 0 saturated carbocycles. The van der Waals surface area contributed by atoms with Crippen molar-refractivity contribution in [3.8, 4) is 0 Å². The Hall–Kier alpha value is -1.99. The fraction of sp³-hybridized carbons (Fsp3) is 0.0417. The average molecular weight is 680 g/mol. The normalized spacial score (nSPS) is 12.5. The van der Waals surface area contributed by atoms with Gasteiger partial charge in [0.25, 0.3) is 0 Å². The first kappa shape index (κ1) is 35.5. The number of anilines is 3. The van der Waals surface area contributed by atoms with Gasteiger partial charge in [0, 0.05) is 16.7 Å². The Bertz CT molecular complexity index is 2030. The van der Waals surface area contributed by atoms with Crippen molar-refractivity contribution in [2.45, 2.75) is 16.2 Å². The number of ketones is 2. The van der Waals surface area contributed by atoms with E-state index in [1.54, 1.807) is 0 Å². The zero-order valence-electron chi connectivity index (χ0n) is 22.1. The largest absolute Gasteiger partial charge is 1.00 e. The topological polar surface area (TPSA) is 225 Å². The molecule has 43 heavy (non-hydrogen) atoms. The van der Waals surface area contributed by atoms with E-state index >= 15 is 0 Å². The smallest absolute Gasteiger partial charge is 0.744 e.